The van der Waals surface area contributed by atoms with E-state index in [4.69, 9.17) is 9.05 Å². The highest BCUT2D eigenvalue weighted by Crippen LogP contribution is 2.47. The Morgan fingerprint density at radius 2 is 1.82 bits per heavy atom. The van der Waals surface area contributed by atoms with Crippen molar-refractivity contribution in [1.82, 2.24) is 4.90 Å². The van der Waals surface area contributed by atoms with Crippen LogP contribution in [0.3, 0.4) is 0 Å². The molecule has 0 atom stereocenters. The van der Waals surface area contributed by atoms with Crippen LogP contribution in [0.25, 0.3) is 0 Å². The quantitative estimate of drug-likeness (QED) is 0.515. The van der Waals surface area contributed by atoms with Crippen LogP contribution in [0.5, 0.6) is 0 Å². The van der Waals surface area contributed by atoms with Gasteiger partial charge >= 0.3 is 7.60 Å². The Morgan fingerprint density at radius 3 is 2.36 bits per heavy atom. The zero-order valence-electron chi connectivity index (χ0n) is 13.2. The average Bonchev–Trinajstić information content (AvgIpc) is 2.52. The van der Waals surface area contributed by atoms with E-state index in [2.05, 4.69) is 0 Å². The summed E-state index contributed by atoms with van der Waals surface area (Å²) in [7, 11) is -1.60. The molecule has 0 fully saturated rings. The van der Waals surface area contributed by atoms with E-state index in [1.165, 1.54) is 4.90 Å². The van der Waals surface area contributed by atoms with Gasteiger partial charge in [0.1, 0.15) is 0 Å². The molecule has 0 N–H and O–H groups in total. The molecule has 22 heavy (non-hydrogen) atoms. The van der Waals surface area contributed by atoms with Crippen LogP contribution in [0, 0.1) is 0 Å². The summed E-state index contributed by atoms with van der Waals surface area (Å²) in [6.07, 6.45) is 0.756. The Morgan fingerprint density at radius 1 is 1.23 bits per heavy atom. The number of amides is 1. The Balaban J connectivity index is 2.75. The van der Waals surface area contributed by atoms with Gasteiger partial charge in [-0.2, -0.15) is 0 Å². The van der Waals surface area contributed by atoms with Crippen LogP contribution in [0.1, 0.15) is 34.6 Å². The molecule has 0 bridgehead atoms. The number of aldehydes is 1. The van der Waals surface area contributed by atoms with Crippen LogP contribution >= 0.6 is 7.60 Å². The van der Waals surface area contributed by atoms with Crippen LogP contribution in [-0.4, -0.2) is 50.1 Å². The first-order valence-corrected chi connectivity index (χ1v) is 8.88. The normalized spacial score (nSPS) is 11.2. The fourth-order valence-electron chi connectivity index (χ4n) is 1.93. The smallest absolute Gasteiger partial charge is 0.332 e. The molecule has 1 rings (SSSR count). The van der Waals surface area contributed by atoms with Crippen molar-refractivity contribution in [3.63, 3.8) is 0 Å². The van der Waals surface area contributed by atoms with E-state index in [0.717, 1.165) is 0 Å². The van der Waals surface area contributed by atoms with Crippen molar-refractivity contribution in [2.24, 2.45) is 0 Å². The van der Waals surface area contributed by atoms with Gasteiger partial charge in [-0.15, -0.1) is 0 Å². The van der Waals surface area contributed by atoms with Crippen molar-refractivity contribution >= 4 is 19.8 Å². The van der Waals surface area contributed by atoms with E-state index in [1.54, 1.807) is 45.2 Å². The third-order valence-corrected chi connectivity index (χ3v) is 5.08. The third-order valence-electron chi connectivity index (χ3n) is 3.03. The van der Waals surface area contributed by atoms with E-state index in [1.807, 2.05) is 0 Å². The first-order valence-electron chi connectivity index (χ1n) is 7.15. The first-order chi connectivity index (χ1) is 10.5. The predicted molar refractivity (Wildman–Crippen MR) is 84.5 cm³/mol. The number of carbonyl (C=O) groups excluding carboxylic acids is 2. The summed E-state index contributed by atoms with van der Waals surface area (Å²) in [6.45, 7) is 4.25. The summed E-state index contributed by atoms with van der Waals surface area (Å²) in [6, 6.07) is 6.56. The molecule has 0 aliphatic rings. The highest BCUT2D eigenvalue weighted by Gasteiger charge is 2.25. The molecule has 0 unspecified atom stereocenters. The van der Waals surface area contributed by atoms with Gasteiger partial charge in [-0.05, 0) is 19.9 Å². The molecule has 6 nitrogen and oxygen atoms in total. The molecule has 0 spiro atoms. The van der Waals surface area contributed by atoms with Gasteiger partial charge in [-0.3, -0.25) is 14.2 Å². The Hall–Kier alpha value is -1.49. The van der Waals surface area contributed by atoms with Crippen LogP contribution in [0.2, 0.25) is 0 Å². The fourth-order valence-corrected chi connectivity index (χ4v) is 3.60. The zero-order chi connectivity index (χ0) is 16.6. The second-order valence-corrected chi connectivity index (χ2v) is 6.79. The predicted octanol–water partition coefficient (Wildman–Crippen LogP) is 2.84. The topological polar surface area (TPSA) is 72.9 Å². The maximum Gasteiger partial charge on any atom is 0.332 e. The third kappa shape index (κ3) is 5.05. The van der Waals surface area contributed by atoms with Gasteiger partial charge in [-0.25, -0.2) is 0 Å². The van der Waals surface area contributed by atoms with Gasteiger partial charge in [0.2, 0.25) is 0 Å². The molecular formula is C15H22NO5P. The lowest BCUT2D eigenvalue weighted by Gasteiger charge is -2.22. The molecule has 0 aliphatic carbocycles. The Labute approximate surface area is 130 Å². The van der Waals surface area contributed by atoms with E-state index >= 15 is 0 Å². The SMILES string of the molecule is CCOP(=O)(CCN(C)C(=O)c1ccccc1C=O)OCC. The van der Waals surface area contributed by atoms with Gasteiger partial charge in [0.05, 0.1) is 24.9 Å². The second-order valence-electron chi connectivity index (χ2n) is 4.60. The highest BCUT2D eigenvalue weighted by molar-refractivity contribution is 7.53. The lowest BCUT2D eigenvalue weighted by atomic mass is 10.1. The van der Waals surface area contributed by atoms with Crippen molar-refractivity contribution in [1.29, 1.82) is 0 Å². The minimum atomic E-state index is -3.19. The van der Waals surface area contributed by atoms with Gasteiger partial charge in [0.15, 0.2) is 6.29 Å². The number of hydrogen-bond donors (Lipinski definition) is 0. The minimum Gasteiger partial charge on any atom is -0.341 e. The molecule has 0 aliphatic heterocycles. The summed E-state index contributed by atoms with van der Waals surface area (Å²) >= 11 is 0. The number of nitrogens with zero attached hydrogens (tertiary/aromatic N) is 1. The summed E-state index contributed by atoms with van der Waals surface area (Å²) in [5.41, 5.74) is 0.653. The van der Waals surface area contributed by atoms with Gasteiger partial charge < -0.3 is 13.9 Å². The van der Waals surface area contributed by atoms with Crippen molar-refractivity contribution in [2.45, 2.75) is 13.8 Å². The molecule has 0 aromatic heterocycles. The van der Waals surface area contributed by atoms with E-state index in [9.17, 15) is 14.2 Å². The van der Waals surface area contributed by atoms with Crippen LogP contribution in [0.15, 0.2) is 24.3 Å². The lowest BCUT2D eigenvalue weighted by molar-refractivity contribution is 0.0797. The highest BCUT2D eigenvalue weighted by atomic mass is 31.2. The zero-order valence-corrected chi connectivity index (χ0v) is 14.0. The maximum absolute atomic E-state index is 12.4. The van der Waals surface area contributed by atoms with Crippen LogP contribution < -0.4 is 0 Å². The molecule has 7 heteroatoms. The summed E-state index contributed by atoms with van der Waals surface area (Å²) in [4.78, 5) is 24.7. The standard InChI is InChI=1S/C15H22NO5P/c1-4-20-22(19,21-5-2)11-10-16(3)15(18)14-9-7-6-8-13(14)12-17/h6-9,12H,4-5,10-11H2,1-3H3. The van der Waals surface area contributed by atoms with Crippen LogP contribution in [0.4, 0.5) is 0 Å². The molecule has 0 saturated carbocycles. The number of carbonyl (C=O) groups is 2. The minimum absolute atomic E-state index is 0.111. The number of hydrogen-bond acceptors (Lipinski definition) is 5. The summed E-state index contributed by atoms with van der Waals surface area (Å²) in [5, 5.41) is 0. The van der Waals surface area contributed by atoms with Gasteiger partial charge in [0, 0.05) is 19.2 Å². The van der Waals surface area contributed by atoms with Gasteiger partial charge in [-0.1, -0.05) is 18.2 Å². The van der Waals surface area contributed by atoms with Gasteiger partial charge in [0.25, 0.3) is 5.91 Å². The summed E-state index contributed by atoms with van der Waals surface area (Å²) in [5.74, 6) is -0.303. The summed E-state index contributed by atoms with van der Waals surface area (Å²) < 4.78 is 22.7. The average molecular weight is 327 g/mol. The Kier molecular flexibility index (Phi) is 7.45. The molecular weight excluding hydrogens is 305 g/mol. The fraction of sp³-hybridized carbons (Fsp3) is 0.467. The molecule has 1 aromatic carbocycles. The Bertz CT molecular complexity index is 551. The second kappa shape index (κ2) is 8.83. The van der Waals surface area contributed by atoms with E-state index in [0.29, 0.717) is 17.4 Å². The lowest BCUT2D eigenvalue weighted by Crippen LogP contribution is -2.30. The molecule has 1 aromatic rings. The number of benzene rings is 1. The molecule has 1 amide bonds. The maximum atomic E-state index is 12.4. The van der Waals surface area contributed by atoms with E-state index in [-0.39, 0.29) is 31.8 Å². The molecule has 122 valence electrons. The monoisotopic (exact) mass is 327 g/mol. The van der Waals surface area contributed by atoms with Crippen molar-refractivity contribution in [3.8, 4) is 0 Å². The molecule has 0 saturated heterocycles. The van der Waals surface area contributed by atoms with Crippen molar-refractivity contribution in [3.05, 3.63) is 35.4 Å². The van der Waals surface area contributed by atoms with Crippen LogP contribution in [-0.2, 0) is 13.6 Å². The van der Waals surface area contributed by atoms with E-state index < -0.39 is 7.60 Å². The largest absolute Gasteiger partial charge is 0.341 e. The first kappa shape index (κ1) is 18.6. The number of rotatable bonds is 9. The molecule has 0 radical (unpaired) electrons. The van der Waals surface area contributed by atoms with Crippen molar-refractivity contribution < 1.29 is 23.2 Å². The molecule has 0 heterocycles. The van der Waals surface area contributed by atoms with Crippen molar-refractivity contribution in [2.75, 3.05) is 33.0 Å².